The lowest BCUT2D eigenvalue weighted by Crippen LogP contribution is -2.28. The SMILES string of the molecule is c1ccc(-c2cc(-c3cccc(-c4cccc(C5(c6ccccc6)c6ccccc6-c6cc(-c7cc(-c8ccccc8)cc(-c8ccccc8)n7)c(-c7ccc8oc9ccccc9c8c7)cc65)c4)c3)nc(-c3cc4c(cc3-c3ccc5c(c3)oc3ccccc35)C(c3ccccc3)(c3ccccc3)c3ccccc3-4)c2)cc1. The highest BCUT2D eigenvalue weighted by Gasteiger charge is 2.49. The van der Waals surface area contributed by atoms with E-state index in [9.17, 15) is 0 Å². The zero-order valence-corrected chi connectivity index (χ0v) is 61.0. The lowest BCUT2D eigenvalue weighted by atomic mass is 9.67. The molecular formula is C108H68N2O2. The largest absolute Gasteiger partial charge is 0.456 e. The molecule has 0 N–H and O–H groups in total. The first kappa shape index (κ1) is 64.6. The minimum absolute atomic E-state index is 0.640. The van der Waals surface area contributed by atoms with Gasteiger partial charge in [0.15, 0.2) is 0 Å². The van der Waals surface area contributed by atoms with Crippen molar-refractivity contribution in [3.8, 4) is 123 Å². The molecule has 522 valence electrons. The van der Waals surface area contributed by atoms with Crippen LogP contribution in [0.25, 0.3) is 167 Å². The van der Waals surface area contributed by atoms with Gasteiger partial charge < -0.3 is 8.83 Å². The monoisotopic (exact) mass is 1420 g/mol. The molecule has 4 nitrogen and oxygen atoms in total. The van der Waals surface area contributed by atoms with Crippen molar-refractivity contribution in [3.63, 3.8) is 0 Å². The summed E-state index contributed by atoms with van der Waals surface area (Å²) in [4.78, 5) is 11.6. The van der Waals surface area contributed by atoms with Crippen LogP contribution in [0.4, 0.5) is 0 Å². The van der Waals surface area contributed by atoms with Crippen LogP contribution < -0.4 is 0 Å². The van der Waals surface area contributed by atoms with E-state index in [2.05, 4.69) is 400 Å². The zero-order chi connectivity index (χ0) is 73.9. The van der Waals surface area contributed by atoms with Crippen LogP contribution in [-0.2, 0) is 10.8 Å². The summed E-state index contributed by atoms with van der Waals surface area (Å²) in [5.74, 6) is 0. The average Bonchev–Trinajstić information content (AvgIpc) is 1.53. The van der Waals surface area contributed by atoms with E-state index >= 15 is 0 Å². The Labute approximate surface area is 649 Å². The fourth-order valence-corrected chi connectivity index (χ4v) is 18.6. The summed E-state index contributed by atoms with van der Waals surface area (Å²) in [7, 11) is 0. The van der Waals surface area contributed by atoms with Crippen molar-refractivity contribution >= 4 is 43.9 Å². The van der Waals surface area contributed by atoms with E-state index in [0.717, 1.165) is 156 Å². The van der Waals surface area contributed by atoms with Gasteiger partial charge in [0.2, 0.25) is 0 Å². The summed E-state index contributed by atoms with van der Waals surface area (Å²) in [6.07, 6.45) is 0. The quantitative estimate of drug-likeness (QED) is 0.115. The molecule has 22 rings (SSSR count). The van der Waals surface area contributed by atoms with E-state index in [1.807, 2.05) is 12.1 Å². The van der Waals surface area contributed by atoms with Crippen LogP contribution in [0.2, 0.25) is 0 Å². The van der Waals surface area contributed by atoms with Crippen molar-refractivity contribution in [1.82, 2.24) is 9.97 Å². The minimum atomic E-state index is -0.791. The number of rotatable bonds is 13. The highest BCUT2D eigenvalue weighted by molar-refractivity contribution is 6.09. The number of pyridine rings is 2. The van der Waals surface area contributed by atoms with Crippen molar-refractivity contribution in [2.75, 3.05) is 0 Å². The minimum Gasteiger partial charge on any atom is -0.456 e. The standard InChI is InChI=1S/C108H68N2O2/c1-7-29-69(30-8-1)77-60-99(71-33-11-3-12-34-71)109-101(62-77)92-66-91-84-46-20-24-50-96(84)108(81-42-17-6-18-43-81,98(91)67-88(92)74-54-56-105-94(59-74)86-48-22-26-52-104(86)111-105)82-44-28-36-73(58-82)72-35-27-37-76(57-72)100-61-78(70-31-9-2-10-32-70)63-102(110-100)93-65-90-83-45-19-23-49-95(83)107(79-38-13-4-14-39-79,80-40-15-5-16-41-80)97(90)68-89(93)75-53-55-87-85-47-21-25-51-103(85)112-106(87)64-75/h1-68H. The molecule has 2 aliphatic rings. The number of hydrogen-bond acceptors (Lipinski definition) is 4. The van der Waals surface area contributed by atoms with Gasteiger partial charge in [0.25, 0.3) is 0 Å². The van der Waals surface area contributed by atoms with Crippen LogP contribution in [0.15, 0.2) is 421 Å². The molecule has 4 heteroatoms. The molecule has 1 atom stereocenters. The number of nitrogens with zero attached hydrogens (tertiary/aromatic N) is 2. The van der Waals surface area contributed by atoms with Crippen molar-refractivity contribution in [2.24, 2.45) is 0 Å². The maximum Gasteiger partial charge on any atom is 0.136 e. The molecule has 2 aliphatic carbocycles. The summed E-state index contributed by atoms with van der Waals surface area (Å²) in [5.41, 5.74) is 34.7. The van der Waals surface area contributed by atoms with Crippen LogP contribution in [0, 0.1) is 0 Å². The molecule has 0 saturated heterocycles. The summed E-state index contributed by atoms with van der Waals surface area (Å²) in [5, 5.41) is 4.31. The molecule has 1 unspecified atom stereocenters. The lowest BCUT2D eigenvalue weighted by molar-refractivity contribution is 0.668. The fraction of sp³-hybridized carbons (Fsp3) is 0.0185. The lowest BCUT2D eigenvalue weighted by Gasteiger charge is -2.34. The van der Waals surface area contributed by atoms with E-state index in [-0.39, 0.29) is 0 Å². The van der Waals surface area contributed by atoms with E-state index in [0.29, 0.717) is 0 Å². The van der Waals surface area contributed by atoms with Gasteiger partial charge >= 0.3 is 0 Å². The Morgan fingerprint density at radius 2 is 0.536 bits per heavy atom. The van der Waals surface area contributed by atoms with Crippen molar-refractivity contribution in [1.29, 1.82) is 0 Å². The predicted molar refractivity (Wildman–Crippen MR) is 460 cm³/mol. The third-order valence-corrected chi connectivity index (χ3v) is 23.6. The van der Waals surface area contributed by atoms with Gasteiger partial charge in [-0.15, -0.1) is 0 Å². The smallest absolute Gasteiger partial charge is 0.136 e. The first-order valence-corrected chi connectivity index (χ1v) is 38.5. The second-order valence-corrected chi connectivity index (χ2v) is 29.7. The number of fused-ring (bicyclic) bond motifs is 12. The summed E-state index contributed by atoms with van der Waals surface area (Å²) in [6, 6.07) is 151. The summed E-state index contributed by atoms with van der Waals surface area (Å²) in [6.45, 7) is 0. The normalized spacial score (nSPS) is 13.8. The van der Waals surface area contributed by atoms with E-state index in [4.69, 9.17) is 18.8 Å². The Balaban J connectivity index is 0.740. The molecule has 112 heavy (non-hydrogen) atoms. The third-order valence-electron chi connectivity index (χ3n) is 23.6. The van der Waals surface area contributed by atoms with Crippen LogP contribution in [0.3, 0.4) is 0 Å². The van der Waals surface area contributed by atoms with E-state index in [1.54, 1.807) is 0 Å². The van der Waals surface area contributed by atoms with Crippen LogP contribution >= 0.6 is 0 Å². The van der Waals surface area contributed by atoms with Crippen molar-refractivity contribution < 1.29 is 8.83 Å². The van der Waals surface area contributed by atoms with E-state index < -0.39 is 10.8 Å². The Morgan fingerprint density at radius 1 is 0.161 bits per heavy atom. The topological polar surface area (TPSA) is 52.1 Å². The molecule has 0 saturated carbocycles. The van der Waals surface area contributed by atoms with Crippen LogP contribution in [0.1, 0.15) is 44.5 Å². The molecule has 20 aromatic rings. The summed E-state index contributed by atoms with van der Waals surface area (Å²) >= 11 is 0. The first-order valence-electron chi connectivity index (χ1n) is 38.5. The maximum absolute atomic E-state index is 6.75. The molecule has 0 spiro atoms. The second kappa shape index (κ2) is 26.1. The Hall–Kier alpha value is -14.6. The number of benzene rings is 16. The zero-order valence-electron chi connectivity index (χ0n) is 61.0. The van der Waals surface area contributed by atoms with Crippen molar-refractivity contribution in [3.05, 3.63) is 457 Å². The number of aromatic nitrogens is 2. The van der Waals surface area contributed by atoms with Gasteiger partial charge in [0.05, 0.1) is 33.6 Å². The molecule has 0 bridgehead atoms. The molecule has 16 aromatic carbocycles. The van der Waals surface area contributed by atoms with Crippen molar-refractivity contribution in [2.45, 2.75) is 10.8 Å². The molecule has 0 fully saturated rings. The Bertz CT molecular complexity index is 7010. The molecule has 0 radical (unpaired) electrons. The third kappa shape index (κ3) is 10.3. The van der Waals surface area contributed by atoms with Crippen LogP contribution in [0.5, 0.6) is 0 Å². The van der Waals surface area contributed by atoms with Gasteiger partial charge in [-0.2, -0.15) is 0 Å². The van der Waals surface area contributed by atoms with Gasteiger partial charge in [0, 0.05) is 43.8 Å². The number of furan rings is 2. The molecule has 0 amide bonds. The molecule has 0 aliphatic heterocycles. The fourth-order valence-electron chi connectivity index (χ4n) is 18.6. The van der Waals surface area contributed by atoms with Gasteiger partial charge in [-0.3, -0.25) is 0 Å². The second-order valence-electron chi connectivity index (χ2n) is 29.7. The number of hydrogen-bond donors (Lipinski definition) is 0. The predicted octanol–water partition coefficient (Wildman–Crippen LogP) is 28.0. The summed E-state index contributed by atoms with van der Waals surface area (Å²) < 4.78 is 13.3. The highest BCUT2D eigenvalue weighted by atomic mass is 16.3. The highest BCUT2D eigenvalue weighted by Crippen LogP contribution is 2.61. The van der Waals surface area contributed by atoms with Gasteiger partial charge in [-0.05, 0) is 219 Å². The van der Waals surface area contributed by atoms with Gasteiger partial charge in [0.1, 0.15) is 22.3 Å². The molecular weight excluding hydrogens is 1360 g/mol. The number of para-hydroxylation sites is 2. The molecule has 4 heterocycles. The Kier molecular flexibility index (Phi) is 15.0. The molecule has 4 aromatic heterocycles. The van der Waals surface area contributed by atoms with Crippen LogP contribution in [-0.4, -0.2) is 9.97 Å². The first-order chi connectivity index (χ1) is 55.5. The van der Waals surface area contributed by atoms with E-state index in [1.165, 1.54) is 55.6 Å². The Morgan fingerprint density at radius 3 is 1.09 bits per heavy atom. The van der Waals surface area contributed by atoms with Gasteiger partial charge in [-0.1, -0.05) is 315 Å². The van der Waals surface area contributed by atoms with Gasteiger partial charge in [-0.25, -0.2) is 9.97 Å². The maximum atomic E-state index is 6.75. The average molecular weight is 1430 g/mol.